The van der Waals surface area contributed by atoms with Crippen LogP contribution in [0.1, 0.15) is 18.4 Å². The summed E-state index contributed by atoms with van der Waals surface area (Å²) in [5, 5.41) is 9.20. The van der Waals surface area contributed by atoms with Crippen molar-refractivity contribution in [3.63, 3.8) is 0 Å². The number of carboxylic acid groups (broad SMARTS) is 1. The number of carbonyl (C=O) groups is 1. The van der Waals surface area contributed by atoms with Gasteiger partial charge in [-0.2, -0.15) is 0 Å². The molecule has 0 bridgehead atoms. The molecule has 1 atom stereocenters. The van der Waals surface area contributed by atoms with Crippen molar-refractivity contribution < 1.29 is 24.3 Å². The Morgan fingerprint density at radius 2 is 1.84 bits per heavy atom. The summed E-state index contributed by atoms with van der Waals surface area (Å²) in [5.74, 6) is -1.16. The maximum absolute atomic E-state index is 11.3. The molecule has 0 aromatic heterocycles. The SMILES string of the molecule is NC(CCCP(=O)(O)O)(Cc1ccccc1)C(=O)O. The van der Waals surface area contributed by atoms with Crippen molar-refractivity contribution in [2.24, 2.45) is 5.73 Å². The first-order valence-corrected chi connectivity index (χ1v) is 7.63. The molecule has 0 radical (unpaired) electrons. The summed E-state index contributed by atoms with van der Waals surface area (Å²) in [6.07, 6.45) is -0.138. The van der Waals surface area contributed by atoms with Gasteiger partial charge in [0.1, 0.15) is 5.54 Å². The van der Waals surface area contributed by atoms with E-state index in [1.165, 1.54) is 0 Å². The van der Waals surface area contributed by atoms with Gasteiger partial charge >= 0.3 is 13.6 Å². The van der Waals surface area contributed by atoms with Gasteiger partial charge in [-0.1, -0.05) is 30.3 Å². The minimum Gasteiger partial charge on any atom is -0.480 e. The van der Waals surface area contributed by atoms with E-state index in [4.69, 9.17) is 15.5 Å². The first-order valence-electron chi connectivity index (χ1n) is 5.84. The maximum Gasteiger partial charge on any atom is 0.325 e. The van der Waals surface area contributed by atoms with E-state index in [-0.39, 0.29) is 25.4 Å². The molecule has 1 aromatic rings. The molecule has 0 heterocycles. The Labute approximate surface area is 111 Å². The molecular formula is C12H18NO5P. The topological polar surface area (TPSA) is 121 Å². The van der Waals surface area contributed by atoms with E-state index in [1.807, 2.05) is 6.07 Å². The highest BCUT2D eigenvalue weighted by Gasteiger charge is 2.34. The summed E-state index contributed by atoms with van der Waals surface area (Å²) < 4.78 is 10.8. The summed E-state index contributed by atoms with van der Waals surface area (Å²) in [6, 6.07) is 8.93. The zero-order valence-corrected chi connectivity index (χ0v) is 11.3. The van der Waals surface area contributed by atoms with Crippen molar-refractivity contribution in [2.75, 3.05) is 6.16 Å². The Hall–Kier alpha value is -1.20. The standard InChI is InChI=1S/C12H18NO5P/c13-12(11(14)15,7-4-8-19(16,17)18)9-10-5-2-1-3-6-10/h1-3,5-6H,4,7-9,13H2,(H,14,15)(H2,16,17,18). The molecule has 0 saturated carbocycles. The van der Waals surface area contributed by atoms with Gasteiger partial charge in [0.25, 0.3) is 0 Å². The summed E-state index contributed by atoms with van der Waals surface area (Å²) in [6.45, 7) is 0. The van der Waals surface area contributed by atoms with E-state index in [2.05, 4.69) is 0 Å². The Morgan fingerprint density at radius 1 is 1.26 bits per heavy atom. The van der Waals surface area contributed by atoms with Crippen LogP contribution < -0.4 is 5.73 Å². The molecule has 6 nitrogen and oxygen atoms in total. The van der Waals surface area contributed by atoms with Crippen LogP contribution in [-0.2, 0) is 15.8 Å². The van der Waals surface area contributed by atoms with Crippen molar-refractivity contribution >= 4 is 13.6 Å². The van der Waals surface area contributed by atoms with Crippen LogP contribution >= 0.6 is 7.60 Å². The number of carboxylic acids is 1. The van der Waals surface area contributed by atoms with Crippen molar-refractivity contribution in [1.29, 1.82) is 0 Å². The van der Waals surface area contributed by atoms with Crippen LogP contribution in [0.3, 0.4) is 0 Å². The third kappa shape index (κ3) is 5.53. The zero-order chi connectivity index (χ0) is 14.5. The molecule has 0 aliphatic rings. The second kappa shape index (κ2) is 6.30. The fourth-order valence-electron chi connectivity index (χ4n) is 1.83. The molecule has 1 aromatic carbocycles. The monoisotopic (exact) mass is 287 g/mol. The van der Waals surface area contributed by atoms with Gasteiger partial charge in [-0.15, -0.1) is 0 Å². The minimum absolute atomic E-state index is 0.0162. The highest BCUT2D eigenvalue weighted by molar-refractivity contribution is 7.51. The van der Waals surface area contributed by atoms with Gasteiger partial charge < -0.3 is 20.6 Å². The first-order chi connectivity index (χ1) is 8.73. The molecule has 5 N–H and O–H groups in total. The number of hydrogen-bond donors (Lipinski definition) is 4. The lowest BCUT2D eigenvalue weighted by Crippen LogP contribution is -2.50. The molecule has 0 amide bonds. The molecule has 1 unspecified atom stereocenters. The highest BCUT2D eigenvalue weighted by Crippen LogP contribution is 2.36. The molecule has 0 saturated heterocycles. The van der Waals surface area contributed by atoms with Crippen LogP contribution in [0.2, 0.25) is 0 Å². The molecule has 19 heavy (non-hydrogen) atoms. The second-order valence-electron chi connectivity index (χ2n) is 4.62. The Bertz CT molecular complexity index is 472. The summed E-state index contributed by atoms with van der Waals surface area (Å²) in [7, 11) is -4.11. The lowest BCUT2D eigenvalue weighted by molar-refractivity contribution is -0.143. The predicted molar refractivity (Wildman–Crippen MR) is 70.8 cm³/mol. The van der Waals surface area contributed by atoms with Crippen LogP contribution in [0.15, 0.2) is 30.3 Å². The largest absolute Gasteiger partial charge is 0.480 e. The summed E-state index contributed by atoms with van der Waals surface area (Å²) >= 11 is 0. The average Bonchev–Trinajstić information content (AvgIpc) is 2.28. The van der Waals surface area contributed by atoms with E-state index in [1.54, 1.807) is 24.3 Å². The normalized spacial score (nSPS) is 14.9. The molecular weight excluding hydrogens is 269 g/mol. The Balaban J connectivity index is 2.69. The second-order valence-corrected chi connectivity index (χ2v) is 6.39. The van der Waals surface area contributed by atoms with Crippen molar-refractivity contribution in [1.82, 2.24) is 0 Å². The Kier molecular flexibility index (Phi) is 5.26. The molecule has 0 fully saturated rings. The average molecular weight is 287 g/mol. The first kappa shape index (κ1) is 15.9. The van der Waals surface area contributed by atoms with Gasteiger partial charge in [0.15, 0.2) is 0 Å². The number of hydrogen-bond acceptors (Lipinski definition) is 3. The van der Waals surface area contributed by atoms with Gasteiger partial charge in [-0.05, 0) is 18.4 Å². The number of rotatable bonds is 7. The van der Waals surface area contributed by atoms with Crippen LogP contribution in [0, 0.1) is 0 Å². The van der Waals surface area contributed by atoms with Crippen LogP contribution in [0.5, 0.6) is 0 Å². The number of nitrogens with two attached hydrogens (primary N) is 1. The van der Waals surface area contributed by atoms with E-state index in [9.17, 15) is 14.5 Å². The maximum atomic E-state index is 11.3. The van der Waals surface area contributed by atoms with Gasteiger partial charge in [0.2, 0.25) is 0 Å². The Morgan fingerprint density at radius 3 is 2.32 bits per heavy atom. The van der Waals surface area contributed by atoms with E-state index in [0.717, 1.165) is 5.56 Å². The van der Waals surface area contributed by atoms with Crippen molar-refractivity contribution in [3.05, 3.63) is 35.9 Å². The summed E-state index contributed by atoms with van der Waals surface area (Å²) in [4.78, 5) is 28.8. The van der Waals surface area contributed by atoms with E-state index in [0.29, 0.717) is 0 Å². The van der Waals surface area contributed by atoms with Gasteiger partial charge in [0, 0.05) is 12.6 Å². The highest BCUT2D eigenvalue weighted by atomic mass is 31.2. The number of aliphatic carboxylic acids is 1. The predicted octanol–water partition coefficient (Wildman–Crippen LogP) is 0.969. The lowest BCUT2D eigenvalue weighted by atomic mass is 9.87. The molecule has 0 aliphatic carbocycles. The van der Waals surface area contributed by atoms with E-state index < -0.39 is 19.1 Å². The van der Waals surface area contributed by atoms with Crippen LogP contribution in [-0.4, -0.2) is 32.6 Å². The molecule has 0 spiro atoms. The van der Waals surface area contributed by atoms with Crippen molar-refractivity contribution in [2.45, 2.75) is 24.8 Å². The molecule has 7 heteroatoms. The van der Waals surface area contributed by atoms with Crippen LogP contribution in [0.25, 0.3) is 0 Å². The van der Waals surface area contributed by atoms with Gasteiger partial charge in [-0.25, -0.2) is 0 Å². The van der Waals surface area contributed by atoms with Gasteiger partial charge in [0.05, 0.1) is 0 Å². The fourth-order valence-corrected chi connectivity index (χ4v) is 2.40. The summed E-state index contributed by atoms with van der Waals surface area (Å²) in [5.41, 5.74) is 5.13. The quantitative estimate of drug-likeness (QED) is 0.554. The molecule has 106 valence electrons. The zero-order valence-electron chi connectivity index (χ0n) is 10.4. The fraction of sp³-hybridized carbons (Fsp3) is 0.417. The van der Waals surface area contributed by atoms with E-state index >= 15 is 0 Å². The minimum atomic E-state index is -4.11. The molecule has 0 aliphatic heterocycles. The number of benzene rings is 1. The van der Waals surface area contributed by atoms with Gasteiger partial charge in [-0.3, -0.25) is 9.36 Å². The third-order valence-electron chi connectivity index (χ3n) is 2.86. The van der Waals surface area contributed by atoms with Crippen molar-refractivity contribution in [3.8, 4) is 0 Å². The smallest absolute Gasteiger partial charge is 0.325 e. The molecule has 1 rings (SSSR count). The third-order valence-corrected chi connectivity index (χ3v) is 3.76. The lowest BCUT2D eigenvalue weighted by Gasteiger charge is -2.25. The van der Waals surface area contributed by atoms with Crippen LogP contribution in [0.4, 0.5) is 0 Å².